The predicted molar refractivity (Wildman–Crippen MR) is 56.8 cm³/mol. The molecule has 0 aliphatic rings. The van der Waals surface area contributed by atoms with Crippen LogP contribution in [-0.4, -0.2) is 18.5 Å². The van der Waals surface area contributed by atoms with Gasteiger partial charge in [-0.2, -0.15) is 0 Å². The Bertz CT molecular complexity index is 341. The summed E-state index contributed by atoms with van der Waals surface area (Å²) in [6.45, 7) is 1.78. The van der Waals surface area contributed by atoms with E-state index >= 15 is 0 Å². The number of nitrogens with two attached hydrogens (primary N) is 1. The van der Waals surface area contributed by atoms with Crippen LogP contribution in [-0.2, 0) is 11.2 Å². The van der Waals surface area contributed by atoms with Crippen molar-refractivity contribution in [1.82, 2.24) is 5.32 Å². The summed E-state index contributed by atoms with van der Waals surface area (Å²) in [5.41, 5.74) is 5.76. The minimum atomic E-state index is -0.244. The van der Waals surface area contributed by atoms with E-state index in [0.717, 1.165) is 0 Å². The maximum Gasteiger partial charge on any atom is 0.233 e. The molecule has 0 aromatic heterocycles. The van der Waals surface area contributed by atoms with Gasteiger partial charge in [0.05, 0.1) is 6.54 Å². The monoisotopic (exact) mass is 210 g/mol. The molecule has 1 rings (SSSR count). The van der Waals surface area contributed by atoms with Gasteiger partial charge >= 0.3 is 0 Å². The second-order valence-corrected chi connectivity index (χ2v) is 3.47. The first-order valence-corrected chi connectivity index (χ1v) is 4.86. The lowest BCUT2D eigenvalue weighted by Crippen LogP contribution is -2.38. The average Bonchev–Trinajstić information content (AvgIpc) is 2.21. The summed E-state index contributed by atoms with van der Waals surface area (Å²) in [5.74, 6) is -0.467. The van der Waals surface area contributed by atoms with Gasteiger partial charge in [0.15, 0.2) is 0 Å². The lowest BCUT2D eigenvalue weighted by molar-refractivity contribution is -0.120. The van der Waals surface area contributed by atoms with E-state index < -0.39 is 0 Å². The summed E-state index contributed by atoms with van der Waals surface area (Å²) < 4.78 is 13.2. The third-order valence-electron chi connectivity index (χ3n) is 2.08. The van der Waals surface area contributed by atoms with E-state index in [-0.39, 0.29) is 24.3 Å². The van der Waals surface area contributed by atoms with Crippen molar-refractivity contribution in [2.75, 3.05) is 6.54 Å². The van der Waals surface area contributed by atoms with Gasteiger partial charge < -0.3 is 11.1 Å². The standard InChI is InChI=1S/C11H15FN2O/c1-8(14-11(15)7-13)6-9-4-2-3-5-10(9)12/h2-5,8H,6-7,13H2,1H3,(H,14,15). The van der Waals surface area contributed by atoms with Gasteiger partial charge in [0.25, 0.3) is 0 Å². The summed E-state index contributed by atoms with van der Waals surface area (Å²) >= 11 is 0. The Morgan fingerprint density at radius 2 is 2.20 bits per heavy atom. The number of amides is 1. The molecular formula is C11H15FN2O. The molecule has 0 bridgehead atoms. The lowest BCUT2D eigenvalue weighted by Gasteiger charge is -2.13. The van der Waals surface area contributed by atoms with E-state index in [0.29, 0.717) is 12.0 Å². The molecule has 1 aromatic carbocycles. The van der Waals surface area contributed by atoms with E-state index in [2.05, 4.69) is 5.32 Å². The van der Waals surface area contributed by atoms with Gasteiger partial charge in [-0.05, 0) is 25.0 Å². The molecule has 0 aliphatic carbocycles. The molecular weight excluding hydrogens is 195 g/mol. The van der Waals surface area contributed by atoms with Gasteiger partial charge in [-0.1, -0.05) is 18.2 Å². The van der Waals surface area contributed by atoms with Crippen molar-refractivity contribution in [1.29, 1.82) is 0 Å². The van der Waals surface area contributed by atoms with Crippen LogP contribution in [0.15, 0.2) is 24.3 Å². The SMILES string of the molecule is CC(Cc1ccccc1F)NC(=O)CN. The highest BCUT2D eigenvalue weighted by molar-refractivity contribution is 5.78. The van der Waals surface area contributed by atoms with Crippen molar-refractivity contribution < 1.29 is 9.18 Å². The molecule has 0 saturated carbocycles. The Kier molecular flexibility index (Phi) is 4.24. The van der Waals surface area contributed by atoms with Crippen molar-refractivity contribution in [3.05, 3.63) is 35.6 Å². The minimum Gasteiger partial charge on any atom is -0.352 e. The lowest BCUT2D eigenvalue weighted by atomic mass is 10.1. The van der Waals surface area contributed by atoms with Crippen LogP contribution < -0.4 is 11.1 Å². The first-order valence-electron chi connectivity index (χ1n) is 4.86. The number of benzene rings is 1. The molecule has 0 radical (unpaired) electrons. The molecule has 1 amide bonds. The van der Waals surface area contributed by atoms with E-state index in [1.165, 1.54) is 6.07 Å². The number of hydrogen-bond acceptors (Lipinski definition) is 2. The molecule has 4 heteroatoms. The van der Waals surface area contributed by atoms with Gasteiger partial charge in [0, 0.05) is 6.04 Å². The summed E-state index contributed by atoms with van der Waals surface area (Å²) in [6, 6.07) is 6.42. The summed E-state index contributed by atoms with van der Waals surface area (Å²) in [6.07, 6.45) is 0.471. The quantitative estimate of drug-likeness (QED) is 0.773. The zero-order valence-corrected chi connectivity index (χ0v) is 8.66. The van der Waals surface area contributed by atoms with E-state index in [1.807, 2.05) is 6.92 Å². The second-order valence-electron chi connectivity index (χ2n) is 3.47. The van der Waals surface area contributed by atoms with Crippen LogP contribution >= 0.6 is 0 Å². The molecule has 0 heterocycles. The number of carbonyl (C=O) groups excluding carboxylic acids is 1. The maximum atomic E-state index is 13.2. The summed E-state index contributed by atoms with van der Waals surface area (Å²) in [7, 11) is 0. The average molecular weight is 210 g/mol. The summed E-state index contributed by atoms with van der Waals surface area (Å²) in [5, 5.41) is 2.67. The fourth-order valence-corrected chi connectivity index (χ4v) is 1.38. The topological polar surface area (TPSA) is 55.1 Å². The van der Waals surface area contributed by atoms with Crippen LogP contribution in [0, 0.1) is 5.82 Å². The van der Waals surface area contributed by atoms with Gasteiger partial charge in [-0.15, -0.1) is 0 Å². The molecule has 15 heavy (non-hydrogen) atoms. The predicted octanol–water partition coefficient (Wildman–Crippen LogP) is 0.832. The zero-order valence-electron chi connectivity index (χ0n) is 8.66. The van der Waals surface area contributed by atoms with Crippen LogP contribution in [0.3, 0.4) is 0 Å². The molecule has 1 unspecified atom stereocenters. The van der Waals surface area contributed by atoms with Gasteiger partial charge in [0.2, 0.25) is 5.91 Å². The fourth-order valence-electron chi connectivity index (χ4n) is 1.38. The molecule has 0 fully saturated rings. The normalized spacial score (nSPS) is 12.2. The first-order chi connectivity index (χ1) is 7.13. The van der Waals surface area contributed by atoms with Crippen molar-refractivity contribution in [3.8, 4) is 0 Å². The van der Waals surface area contributed by atoms with Crippen LogP contribution in [0.4, 0.5) is 4.39 Å². The van der Waals surface area contributed by atoms with Crippen molar-refractivity contribution in [3.63, 3.8) is 0 Å². The van der Waals surface area contributed by atoms with Crippen molar-refractivity contribution in [2.24, 2.45) is 5.73 Å². The second kappa shape index (κ2) is 5.46. The highest BCUT2D eigenvalue weighted by Crippen LogP contribution is 2.08. The van der Waals surface area contributed by atoms with Gasteiger partial charge in [0.1, 0.15) is 5.82 Å². The van der Waals surface area contributed by atoms with Crippen LogP contribution in [0.2, 0.25) is 0 Å². The highest BCUT2D eigenvalue weighted by atomic mass is 19.1. The molecule has 0 saturated heterocycles. The Hall–Kier alpha value is -1.42. The number of carbonyl (C=O) groups is 1. The number of halogens is 1. The number of hydrogen-bond donors (Lipinski definition) is 2. The molecule has 0 spiro atoms. The Labute approximate surface area is 88.5 Å². The Morgan fingerprint density at radius 1 is 1.53 bits per heavy atom. The van der Waals surface area contributed by atoms with Gasteiger partial charge in [-0.25, -0.2) is 4.39 Å². The van der Waals surface area contributed by atoms with Gasteiger partial charge in [-0.3, -0.25) is 4.79 Å². The molecule has 1 aromatic rings. The minimum absolute atomic E-state index is 0.0401. The smallest absolute Gasteiger partial charge is 0.233 e. The van der Waals surface area contributed by atoms with Crippen molar-refractivity contribution in [2.45, 2.75) is 19.4 Å². The number of rotatable bonds is 4. The van der Waals surface area contributed by atoms with Crippen molar-refractivity contribution >= 4 is 5.91 Å². The Balaban J connectivity index is 2.55. The Morgan fingerprint density at radius 3 is 2.80 bits per heavy atom. The zero-order chi connectivity index (χ0) is 11.3. The van der Waals surface area contributed by atoms with E-state index in [4.69, 9.17) is 5.73 Å². The number of nitrogens with one attached hydrogen (secondary N) is 1. The van der Waals surface area contributed by atoms with E-state index in [1.54, 1.807) is 18.2 Å². The molecule has 3 N–H and O–H groups in total. The molecule has 0 aliphatic heterocycles. The first kappa shape index (κ1) is 11.7. The molecule has 3 nitrogen and oxygen atoms in total. The van der Waals surface area contributed by atoms with Crippen LogP contribution in [0.5, 0.6) is 0 Å². The van der Waals surface area contributed by atoms with E-state index in [9.17, 15) is 9.18 Å². The summed E-state index contributed by atoms with van der Waals surface area (Å²) in [4.78, 5) is 11.0. The highest BCUT2D eigenvalue weighted by Gasteiger charge is 2.08. The fraction of sp³-hybridized carbons (Fsp3) is 0.364. The molecule has 82 valence electrons. The third kappa shape index (κ3) is 3.67. The molecule has 1 atom stereocenters. The third-order valence-corrected chi connectivity index (χ3v) is 2.08. The maximum absolute atomic E-state index is 13.2. The van der Waals surface area contributed by atoms with Crippen LogP contribution in [0.25, 0.3) is 0 Å². The van der Waals surface area contributed by atoms with Crippen LogP contribution in [0.1, 0.15) is 12.5 Å². The largest absolute Gasteiger partial charge is 0.352 e.